The van der Waals surface area contributed by atoms with Gasteiger partial charge in [0.2, 0.25) is 11.8 Å². The molecule has 0 saturated carbocycles. The van der Waals surface area contributed by atoms with E-state index in [1.807, 2.05) is 50.2 Å². The van der Waals surface area contributed by atoms with Crippen LogP contribution in [0.15, 0.2) is 66.3 Å². The number of aromatic nitrogens is 4. The molecule has 0 aliphatic carbocycles. The maximum absolute atomic E-state index is 11.1. The van der Waals surface area contributed by atoms with Crippen LogP contribution in [-0.4, -0.2) is 31.6 Å². The van der Waals surface area contributed by atoms with Crippen LogP contribution in [0.25, 0.3) is 5.69 Å². The van der Waals surface area contributed by atoms with E-state index in [-0.39, 0.29) is 23.7 Å². The van der Waals surface area contributed by atoms with Crippen molar-refractivity contribution in [2.45, 2.75) is 26.3 Å². The molecule has 11 heteroatoms. The Morgan fingerprint density at radius 3 is 2.65 bits per heavy atom. The quantitative estimate of drug-likeness (QED) is 0.312. The minimum atomic E-state index is -0.537. The zero-order valence-electron chi connectivity index (χ0n) is 20.4. The smallest absolute Gasteiger partial charge is 0.307 e. The summed E-state index contributed by atoms with van der Waals surface area (Å²) in [5.41, 5.74) is 11.3. The summed E-state index contributed by atoms with van der Waals surface area (Å²) in [6.07, 6.45) is 2.55. The van der Waals surface area contributed by atoms with Crippen LogP contribution in [0.2, 0.25) is 0 Å². The molecule has 0 amide bonds. The Labute approximate surface area is 212 Å². The number of rotatable bonds is 6. The molecule has 5 rings (SSSR count). The van der Waals surface area contributed by atoms with Crippen LogP contribution in [0.4, 0.5) is 5.69 Å². The minimum absolute atomic E-state index is 0.00771. The standard InChI is InChI=1S/C26H23N7O4/c1-15-4-7-19(8-5-15)32-26-23(16(2)30-32)24(21(11-27)25(28)37-26)17-6-9-22(36-3)18(10-17)13-31-14-20(12-29-31)33(34)35/h4-10,12,14,24H,13,28H2,1-3H3/t24-/m0/s1. The Morgan fingerprint density at radius 2 is 2.00 bits per heavy atom. The van der Waals surface area contributed by atoms with E-state index in [4.69, 9.17) is 20.3 Å². The molecule has 1 aliphatic heterocycles. The van der Waals surface area contributed by atoms with Crippen molar-refractivity contribution >= 4 is 5.69 Å². The van der Waals surface area contributed by atoms with E-state index in [9.17, 15) is 15.4 Å². The highest BCUT2D eigenvalue weighted by Gasteiger charge is 2.36. The molecule has 1 atom stereocenters. The first-order chi connectivity index (χ1) is 17.8. The first-order valence-corrected chi connectivity index (χ1v) is 11.4. The molecule has 2 aromatic heterocycles. The van der Waals surface area contributed by atoms with Crippen LogP contribution >= 0.6 is 0 Å². The predicted octanol–water partition coefficient (Wildman–Crippen LogP) is 3.87. The number of nitriles is 1. The number of nitrogens with two attached hydrogens (primary N) is 1. The van der Waals surface area contributed by atoms with Crippen LogP contribution in [0.1, 0.15) is 33.9 Å². The second-order valence-corrected chi connectivity index (χ2v) is 8.70. The first kappa shape index (κ1) is 23.6. The Kier molecular flexibility index (Phi) is 5.85. The van der Waals surface area contributed by atoms with E-state index in [0.717, 1.165) is 27.9 Å². The Balaban J connectivity index is 1.63. The van der Waals surface area contributed by atoms with Gasteiger partial charge in [-0.2, -0.15) is 15.5 Å². The first-order valence-electron chi connectivity index (χ1n) is 11.4. The van der Waals surface area contributed by atoms with Crippen molar-refractivity contribution in [3.05, 3.63) is 104 Å². The fourth-order valence-corrected chi connectivity index (χ4v) is 4.52. The van der Waals surface area contributed by atoms with Gasteiger partial charge in [-0.25, -0.2) is 4.68 Å². The fourth-order valence-electron chi connectivity index (χ4n) is 4.52. The van der Waals surface area contributed by atoms with Gasteiger partial charge in [-0.05, 0) is 43.7 Å². The molecule has 2 aromatic carbocycles. The number of nitro groups is 1. The number of hydrogen-bond acceptors (Lipinski definition) is 8. The molecule has 0 spiro atoms. The third-order valence-electron chi connectivity index (χ3n) is 6.31. The molecule has 37 heavy (non-hydrogen) atoms. The third kappa shape index (κ3) is 4.14. The van der Waals surface area contributed by atoms with Crippen molar-refractivity contribution in [1.29, 1.82) is 5.26 Å². The second-order valence-electron chi connectivity index (χ2n) is 8.70. The highest BCUT2D eigenvalue weighted by atomic mass is 16.6. The molecule has 3 heterocycles. The van der Waals surface area contributed by atoms with Crippen molar-refractivity contribution in [3.8, 4) is 23.4 Å². The van der Waals surface area contributed by atoms with E-state index in [2.05, 4.69) is 11.2 Å². The predicted molar refractivity (Wildman–Crippen MR) is 133 cm³/mol. The largest absolute Gasteiger partial charge is 0.496 e. The molecular weight excluding hydrogens is 474 g/mol. The molecule has 0 bridgehead atoms. The van der Waals surface area contributed by atoms with Gasteiger partial charge in [0.15, 0.2) is 0 Å². The summed E-state index contributed by atoms with van der Waals surface area (Å²) >= 11 is 0. The fraction of sp³-hybridized carbons (Fsp3) is 0.192. The summed E-state index contributed by atoms with van der Waals surface area (Å²) < 4.78 is 14.6. The lowest BCUT2D eigenvalue weighted by Crippen LogP contribution is -2.22. The van der Waals surface area contributed by atoms with E-state index < -0.39 is 10.8 Å². The normalized spacial score (nSPS) is 14.6. The van der Waals surface area contributed by atoms with Crippen LogP contribution in [0, 0.1) is 35.3 Å². The van der Waals surface area contributed by atoms with Crippen molar-refractivity contribution < 1.29 is 14.4 Å². The van der Waals surface area contributed by atoms with Gasteiger partial charge < -0.3 is 15.2 Å². The topological polar surface area (TPSA) is 147 Å². The van der Waals surface area contributed by atoms with E-state index in [1.54, 1.807) is 17.9 Å². The molecule has 0 unspecified atom stereocenters. The molecular formula is C26H23N7O4. The summed E-state index contributed by atoms with van der Waals surface area (Å²) in [7, 11) is 1.55. The van der Waals surface area contributed by atoms with Crippen LogP contribution in [0.3, 0.4) is 0 Å². The molecule has 186 valence electrons. The van der Waals surface area contributed by atoms with E-state index >= 15 is 0 Å². The molecule has 11 nitrogen and oxygen atoms in total. The Bertz CT molecular complexity index is 1590. The van der Waals surface area contributed by atoms with Crippen LogP contribution in [0.5, 0.6) is 11.6 Å². The summed E-state index contributed by atoms with van der Waals surface area (Å²) in [5, 5.41) is 29.9. The summed E-state index contributed by atoms with van der Waals surface area (Å²) in [4.78, 5) is 10.6. The van der Waals surface area contributed by atoms with Gasteiger partial charge in [0.1, 0.15) is 29.8 Å². The number of fused-ring (bicyclic) bond motifs is 1. The minimum Gasteiger partial charge on any atom is -0.496 e. The van der Waals surface area contributed by atoms with Gasteiger partial charge in [0.05, 0.1) is 41.4 Å². The molecule has 0 fully saturated rings. The number of allylic oxidation sites excluding steroid dienone is 1. The lowest BCUT2D eigenvalue weighted by atomic mass is 9.83. The number of nitrogens with zero attached hydrogens (tertiary/aromatic N) is 6. The summed E-state index contributed by atoms with van der Waals surface area (Å²) in [6, 6.07) is 15.6. The van der Waals surface area contributed by atoms with E-state index in [1.165, 1.54) is 17.1 Å². The Morgan fingerprint density at radius 1 is 1.24 bits per heavy atom. The second kappa shape index (κ2) is 9.16. The molecule has 2 N–H and O–H groups in total. The van der Waals surface area contributed by atoms with Gasteiger partial charge in [-0.15, -0.1) is 0 Å². The zero-order chi connectivity index (χ0) is 26.3. The van der Waals surface area contributed by atoms with E-state index in [0.29, 0.717) is 17.3 Å². The average Bonchev–Trinajstić information content (AvgIpc) is 3.48. The lowest BCUT2D eigenvalue weighted by Gasteiger charge is -2.25. The average molecular weight is 498 g/mol. The van der Waals surface area contributed by atoms with Gasteiger partial charge in [-0.1, -0.05) is 23.8 Å². The van der Waals surface area contributed by atoms with Crippen molar-refractivity contribution in [1.82, 2.24) is 19.6 Å². The van der Waals surface area contributed by atoms with Gasteiger partial charge in [-0.3, -0.25) is 14.8 Å². The molecule has 4 aromatic rings. The number of benzene rings is 2. The van der Waals surface area contributed by atoms with Gasteiger partial charge >= 0.3 is 5.69 Å². The van der Waals surface area contributed by atoms with Gasteiger partial charge in [0.25, 0.3) is 0 Å². The van der Waals surface area contributed by atoms with Crippen molar-refractivity contribution in [2.24, 2.45) is 5.73 Å². The molecule has 0 radical (unpaired) electrons. The molecule has 1 aliphatic rings. The summed E-state index contributed by atoms with van der Waals surface area (Å²) in [5.74, 6) is 0.498. The highest BCUT2D eigenvalue weighted by Crippen LogP contribution is 2.45. The lowest BCUT2D eigenvalue weighted by molar-refractivity contribution is -0.385. The SMILES string of the molecule is COc1ccc([C@H]2C(C#N)=C(N)Oc3c2c(C)nn3-c2ccc(C)cc2)cc1Cn1cc([N+](=O)[O-])cn1. The zero-order valence-corrected chi connectivity index (χ0v) is 20.4. The molecule has 0 saturated heterocycles. The third-order valence-corrected chi connectivity index (χ3v) is 6.31. The number of aryl methyl sites for hydroxylation is 2. The van der Waals surface area contributed by atoms with Gasteiger partial charge in [0, 0.05) is 5.56 Å². The van der Waals surface area contributed by atoms with Crippen molar-refractivity contribution in [3.63, 3.8) is 0 Å². The Hall–Kier alpha value is -5.11. The number of ether oxygens (including phenoxy) is 2. The number of methoxy groups -OCH3 is 1. The maximum Gasteiger partial charge on any atom is 0.307 e. The summed E-state index contributed by atoms with van der Waals surface area (Å²) in [6.45, 7) is 4.09. The van der Waals surface area contributed by atoms with Crippen molar-refractivity contribution in [2.75, 3.05) is 7.11 Å². The monoisotopic (exact) mass is 497 g/mol. The van der Waals surface area contributed by atoms with Crippen LogP contribution < -0.4 is 15.2 Å². The highest BCUT2D eigenvalue weighted by molar-refractivity contribution is 5.58. The van der Waals surface area contributed by atoms with Crippen LogP contribution in [-0.2, 0) is 6.54 Å². The maximum atomic E-state index is 11.1. The number of hydrogen-bond donors (Lipinski definition) is 1.